The van der Waals surface area contributed by atoms with Crippen molar-refractivity contribution >= 4 is 5.57 Å². The Morgan fingerprint density at radius 1 is 0.634 bits per heavy atom. The maximum absolute atomic E-state index is 13.1. The highest BCUT2D eigenvalue weighted by Gasteiger charge is 2.45. The molecule has 0 spiro atoms. The SMILES string of the molecule is CC(C#N)(C#N)C1c2cc(-c3ccc(C(F)(F)F)cc3)ccc2-c2cc3c(cc21)-c1ccccc1C3=C(C#N)C#N. The number of nitrogens with zero attached hydrogens (tertiary/aromatic N) is 4. The molecule has 1 atom stereocenters. The van der Waals surface area contributed by atoms with E-state index in [-0.39, 0.29) is 5.57 Å². The van der Waals surface area contributed by atoms with Crippen molar-refractivity contribution in [1.29, 1.82) is 21.0 Å². The van der Waals surface area contributed by atoms with Crippen molar-refractivity contribution in [2.45, 2.75) is 19.0 Å². The van der Waals surface area contributed by atoms with Crippen molar-refractivity contribution in [3.8, 4) is 57.7 Å². The Hall–Kier alpha value is -5.63. The predicted octanol–water partition coefficient (Wildman–Crippen LogP) is 8.37. The molecule has 7 heteroatoms. The summed E-state index contributed by atoms with van der Waals surface area (Å²) in [7, 11) is 0. The highest BCUT2D eigenvalue weighted by Crippen LogP contribution is 2.57. The number of fused-ring (bicyclic) bond motifs is 6. The summed E-state index contributed by atoms with van der Waals surface area (Å²) in [6.07, 6.45) is -4.45. The summed E-state index contributed by atoms with van der Waals surface area (Å²) in [6.45, 7) is 1.58. The van der Waals surface area contributed by atoms with E-state index in [1.54, 1.807) is 13.0 Å². The Balaban J connectivity index is 1.60. The van der Waals surface area contributed by atoms with Gasteiger partial charge in [0.05, 0.1) is 17.7 Å². The standard InChI is InChI=1S/C34H17F3N4/c1-33(17-40,18-41)32-29-12-20(19-6-9-22(10-7-19)34(35,36)37)8-11-24(29)27-13-28-26(14-30(27)32)23-4-2-3-5-25(23)31(28)21(15-38)16-39/h2-14,32H,1H3. The van der Waals surface area contributed by atoms with Crippen molar-refractivity contribution in [2.24, 2.45) is 5.41 Å². The number of halogens is 3. The van der Waals surface area contributed by atoms with Crippen LogP contribution in [0.3, 0.4) is 0 Å². The largest absolute Gasteiger partial charge is 0.416 e. The number of alkyl halides is 3. The number of allylic oxidation sites excluding steroid dienone is 1. The lowest BCUT2D eigenvalue weighted by molar-refractivity contribution is -0.137. The van der Waals surface area contributed by atoms with Crippen LogP contribution in [0.5, 0.6) is 0 Å². The van der Waals surface area contributed by atoms with Crippen molar-refractivity contribution < 1.29 is 13.2 Å². The van der Waals surface area contributed by atoms with Gasteiger partial charge in [-0.3, -0.25) is 0 Å². The Labute approximate surface area is 234 Å². The molecule has 0 amide bonds. The van der Waals surface area contributed by atoms with Crippen LogP contribution in [0.1, 0.15) is 40.7 Å². The molecule has 4 nitrogen and oxygen atoms in total. The third kappa shape index (κ3) is 3.72. The first kappa shape index (κ1) is 25.6. The summed E-state index contributed by atoms with van der Waals surface area (Å²) in [6, 6.07) is 30.1. The molecule has 2 aliphatic rings. The van der Waals surface area contributed by atoms with Crippen molar-refractivity contribution in [3.63, 3.8) is 0 Å². The molecule has 0 radical (unpaired) electrons. The molecule has 0 aromatic heterocycles. The van der Waals surface area contributed by atoms with Gasteiger partial charge < -0.3 is 0 Å². The van der Waals surface area contributed by atoms with Crippen LogP contribution < -0.4 is 0 Å². The average Bonchev–Trinajstić information content (AvgIpc) is 3.48. The van der Waals surface area contributed by atoms with E-state index in [2.05, 4.69) is 12.1 Å². The lowest BCUT2D eigenvalue weighted by Gasteiger charge is -2.24. The molecule has 0 fully saturated rings. The van der Waals surface area contributed by atoms with E-state index >= 15 is 0 Å². The molecule has 0 N–H and O–H groups in total. The number of hydrogen-bond acceptors (Lipinski definition) is 4. The number of nitriles is 4. The first-order valence-electron chi connectivity index (χ1n) is 12.6. The highest BCUT2D eigenvalue weighted by atomic mass is 19.4. The number of rotatable bonds is 2. The van der Waals surface area contributed by atoms with Crippen LogP contribution in [0, 0.1) is 50.7 Å². The molecule has 4 aromatic rings. The molecular formula is C34H17F3N4. The summed E-state index contributed by atoms with van der Waals surface area (Å²) in [4.78, 5) is 0. The molecule has 4 aromatic carbocycles. The van der Waals surface area contributed by atoms with Gasteiger partial charge in [-0.1, -0.05) is 48.5 Å². The minimum Gasteiger partial charge on any atom is -0.197 e. The van der Waals surface area contributed by atoms with Crippen molar-refractivity contribution in [2.75, 3.05) is 0 Å². The number of benzene rings is 4. The van der Waals surface area contributed by atoms with E-state index in [4.69, 9.17) is 0 Å². The fraction of sp³-hybridized carbons (Fsp3) is 0.118. The van der Waals surface area contributed by atoms with E-state index in [0.29, 0.717) is 22.3 Å². The van der Waals surface area contributed by atoms with Crippen LogP contribution in [-0.2, 0) is 6.18 Å². The maximum atomic E-state index is 13.1. The number of hydrogen-bond donors (Lipinski definition) is 0. The van der Waals surface area contributed by atoms with Crippen LogP contribution in [-0.4, -0.2) is 0 Å². The summed E-state index contributed by atoms with van der Waals surface area (Å²) >= 11 is 0. The predicted molar refractivity (Wildman–Crippen MR) is 146 cm³/mol. The van der Waals surface area contributed by atoms with E-state index in [0.717, 1.165) is 51.1 Å². The Bertz CT molecular complexity index is 1960. The van der Waals surface area contributed by atoms with Gasteiger partial charge in [-0.2, -0.15) is 34.2 Å². The summed E-state index contributed by atoms with van der Waals surface area (Å²) < 4.78 is 39.4. The van der Waals surface area contributed by atoms with Gasteiger partial charge in [-0.25, -0.2) is 0 Å². The van der Waals surface area contributed by atoms with Crippen LogP contribution in [0.25, 0.3) is 39.0 Å². The van der Waals surface area contributed by atoms with Gasteiger partial charge in [0.25, 0.3) is 0 Å². The molecule has 0 bridgehead atoms. The second-order valence-corrected chi connectivity index (χ2v) is 10.2. The fourth-order valence-electron chi connectivity index (χ4n) is 6.03. The smallest absolute Gasteiger partial charge is 0.197 e. The second kappa shape index (κ2) is 8.96. The third-order valence-corrected chi connectivity index (χ3v) is 7.97. The van der Waals surface area contributed by atoms with Crippen LogP contribution in [0.15, 0.2) is 84.4 Å². The zero-order valence-corrected chi connectivity index (χ0v) is 21.5. The normalized spacial score (nSPS) is 14.4. The molecule has 1 unspecified atom stereocenters. The topological polar surface area (TPSA) is 95.2 Å². The van der Waals surface area contributed by atoms with E-state index < -0.39 is 23.1 Å². The molecule has 0 heterocycles. The summed E-state index contributed by atoms with van der Waals surface area (Å²) in [5.41, 5.74) is 5.73. The Morgan fingerprint density at radius 3 is 1.85 bits per heavy atom. The first-order chi connectivity index (χ1) is 19.6. The highest BCUT2D eigenvalue weighted by molar-refractivity contribution is 6.06. The van der Waals surface area contributed by atoms with Gasteiger partial charge in [0, 0.05) is 11.5 Å². The van der Waals surface area contributed by atoms with Crippen LogP contribution in [0.4, 0.5) is 13.2 Å². The lowest BCUT2D eigenvalue weighted by Crippen LogP contribution is -2.21. The Morgan fingerprint density at radius 2 is 1.24 bits per heavy atom. The summed E-state index contributed by atoms with van der Waals surface area (Å²) in [5, 5.41) is 39.8. The van der Waals surface area contributed by atoms with E-state index in [1.165, 1.54) is 12.1 Å². The molecule has 41 heavy (non-hydrogen) atoms. The van der Waals surface area contributed by atoms with Gasteiger partial charge in [-0.05, 0) is 92.9 Å². The molecule has 0 saturated heterocycles. The first-order valence-corrected chi connectivity index (χ1v) is 12.6. The molecule has 6 rings (SSSR count). The molecule has 2 aliphatic carbocycles. The molecule has 0 saturated carbocycles. The quantitative estimate of drug-likeness (QED) is 0.211. The second-order valence-electron chi connectivity index (χ2n) is 10.2. The molecular weight excluding hydrogens is 521 g/mol. The van der Waals surface area contributed by atoms with Crippen LogP contribution in [0.2, 0.25) is 0 Å². The van der Waals surface area contributed by atoms with Crippen molar-refractivity contribution in [1.82, 2.24) is 0 Å². The summed E-state index contributed by atoms with van der Waals surface area (Å²) in [5.74, 6) is -0.645. The lowest BCUT2D eigenvalue weighted by atomic mass is 9.73. The monoisotopic (exact) mass is 538 g/mol. The zero-order chi connectivity index (χ0) is 29.1. The van der Waals surface area contributed by atoms with Gasteiger partial charge in [-0.15, -0.1) is 0 Å². The van der Waals surface area contributed by atoms with Crippen LogP contribution >= 0.6 is 0 Å². The van der Waals surface area contributed by atoms with Gasteiger partial charge in [0.1, 0.15) is 17.7 Å². The zero-order valence-electron chi connectivity index (χ0n) is 21.5. The van der Waals surface area contributed by atoms with Gasteiger partial charge in [0.15, 0.2) is 5.41 Å². The molecule has 194 valence electrons. The molecule has 0 aliphatic heterocycles. The van der Waals surface area contributed by atoms with Gasteiger partial charge >= 0.3 is 6.18 Å². The average molecular weight is 539 g/mol. The van der Waals surface area contributed by atoms with E-state index in [9.17, 15) is 34.2 Å². The van der Waals surface area contributed by atoms with Crippen molar-refractivity contribution in [3.05, 3.63) is 112 Å². The van der Waals surface area contributed by atoms with Gasteiger partial charge in [0.2, 0.25) is 0 Å². The maximum Gasteiger partial charge on any atom is 0.416 e. The minimum absolute atomic E-state index is 0.0116. The third-order valence-electron chi connectivity index (χ3n) is 7.97. The Kier molecular flexibility index (Phi) is 5.60. The minimum atomic E-state index is -4.45. The van der Waals surface area contributed by atoms with E-state index in [1.807, 2.05) is 60.7 Å². The fourth-order valence-corrected chi connectivity index (χ4v) is 6.03.